The van der Waals surface area contributed by atoms with E-state index in [1.807, 2.05) is 0 Å². The molecule has 0 aliphatic carbocycles. The van der Waals surface area contributed by atoms with Crippen molar-refractivity contribution in [2.24, 2.45) is 0 Å². The second-order valence-corrected chi connectivity index (χ2v) is 24.1. The molecule has 80 heavy (non-hydrogen) atoms. The van der Waals surface area contributed by atoms with Gasteiger partial charge in [-0.15, -0.1) is 0 Å². The van der Waals surface area contributed by atoms with Gasteiger partial charge >= 0.3 is 17.9 Å². The summed E-state index contributed by atoms with van der Waals surface area (Å²) in [5.41, 5.74) is 0. The molecule has 0 aromatic rings. The number of rotatable bonds is 66. The number of ether oxygens (including phenoxy) is 3. The molecule has 0 rings (SSSR count). The summed E-state index contributed by atoms with van der Waals surface area (Å²) in [6.07, 6.45) is 87.5. The molecule has 0 aliphatic rings. The van der Waals surface area contributed by atoms with E-state index in [-0.39, 0.29) is 31.1 Å². The number of hydrogen-bond acceptors (Lipinski definition) is 6. The van der Waals surface area contributed by atoms with Crippen LogP contribution in [0.15, 0.2) is 48.6 Å². The van der Waals surface area contributed by atoms with Gasteiger partial charge in [-0.05, 0) is 57.8 Å². The van der Waals surface area contributed by atoms with Crippen molar-refractivity contribution in [1.82, 2.24) is 0 Å². The Bertz CT molecular complexity index is 1380. The second kappa shape index (κ2) is 68.9. The van der Waals surface area contributed by atoms with Gasteiger partial charge in [0, 0.05) is 19.3 Å². The van der Waals surface area contributed by atoms with E-state index >= 15 is 0 Å². The second-order valence-electron chi connectivity index (χ2n) is 24.1. The third-order valence-corrected chi connectivity index (χ3v) is 16.1. The van der Waals surface area contributed by atoms with E-state index in [1.165, 1.54) is 250 Å². The maximum atomic E-state index is 12.9. The summed E-state index contributed by atoms with van der Waals surface area (Å²) in [5, 5.41) is 0. The average Bonchev–Trinajstić information content (AvgIpc) is 3.46. The number of carbonyl (C=O) groups is 3. The van der Waals surface area contributed by atoms with Crippen LogP contribution in [-0.4, -0.2) is 37.2 Å². The van der Waals surface area contributed by atoms with Crippen molar-refractivity contribution < 1.29 is 28.6 Å². The zero-order chi connectivity index (χ0) is 57.8. The largest absolute Gasteiger partial charge is 0.462 e. The first-order valence-electron chi connectivity index (χ1n) is 35.6. The van der Waals surface area contributed by atoms with Gasteiger partial charge in [-0.25, -0.2) is 0 Å². The lowest BCUT2D eigenvalue weighted by Gasteiger charge is -2.18. The maximum absolute atomic E-state index is 12.9. The summed E-state index contributed by atoms with van der Waals surface area (Å²) in [4.78, 5) is 38.2. The Morgan fingerprint density at radius 2 is 0.487 bits per heavy atom. The predicted molar refractivity (Wildman–Crippen MR) is 349 cm³/mol. The van der Waals surface area contributed by atoms with E-state index in [2.05, 4.69) is 69.4 Å². The van der Waals surface area contributed by atoms with Gasteiger partial charge in [-0.3, -0.25) is 14.4 Å². The van der Waals surface area contributed by atoms with Crippen LogP contribution in [0, 0.1) is 0 Å². The number of esters is 3. The van der Waals surface area contributed by atoms with Gasteiger partial charge in [0.05, 0.1) is 0 Å². The lowest BCUT2D eigenvalue weighted by atomic mass is 10.0. The van der Waals surface area contributed by atoms with E-state index < -0.39 is 6.10 Å². The summed E-state index contributed by atoms with van der Waals surface area (Å²) in [6, 6.07) is 0. The van der Waals surface area contributed by atoms with Crippen LogP contribution in [0.2, 0.25) is 0 Å². The molecule has 0 N–H and O–H groups in total. The Hall–Kier alpha value is -2.63. The molecular weight excluding hydrogens is 985 g/mol. The number of unbranched alkanes of at least 4 members (excludes halogenated alkanes) is 47. The Labute approximate surface area is 498 Å². The van der Waals surface area contributed by atoms with Gasteiger partial charge in [-0.1, -0.05) is 358 Å². The minimum atomic E-state index is -0.783. The molecule has 0 aromatic heterocycles. The maximum Gasteiger partial charge on any atom is 0.306 e. The van der Waals surface area contributed by atoms with Gasteiger partial charge in [0.2, 0.25) is 0 Å². The SMILES string of the molecule is CC/C=C\C/C=C\C/C=C\C/C=C\CCCCCCC(=O)OC(COC(=O)CCCCCCCCCCCC)COC(=O)CCCCCCCCCCCCCCCCCCCCCCCCCCCCCCCCCCCCC. The molecule has 0 radical (unpaired) electrons. The molecular formula is C74H136O6. The van der Waals surface area contributed by atoms with Gasteiger partial charge in [-0.2, -0.15) is 0 Å². The molecule has 1 unspecified atom stereocenters. The summed E-state index contributed by atoms with van der Waals surface area (Å²) in [7, 11) is 0. The van der Waals surface area contributed by atoms with Crippen molar-refractivity contribution >= 4 is 17.9 Å². The highest BCUT2D eigenvalue weighted by Crippen LogP contribution is 2.19. The number of hydrogen-bond donors (Lipinski definition) is 0. The summed E-state index contributed by atoms with van der Waals surface area (Å²) in [6.45, 7) is 6.55. The lowest BCUT2D eigenvalue weighted by molar-refractivity contribution is -0.167. The lowest BCUT2D eigenvalue weighted by Crippen LogP contribution is -2.30. The minimum absolute atomic E-state index is 0.0787. The molecule has 0 fully saturated rings. The molecule has 6 nitrogen and oxygen atoms in total. The average molecular weight is 1120 g/mol. The van der Waals surface area contributed by atoms with Gasteiger partial charge in [0.1, 0.15) is 13.2 Å². The predicted octanol–water partition coefficient (Wildman–Crippen LogP) is 24.5. The van der Waals surface area contributed by atoms with Crippen LogP contribution in [-0.2, 0) is 28.6 Å². The van der Waals surface area contributed by atoms with E-state index in [9.17, 15) is 14.4 Å². The Balaban J connectivity index is 4.02. The molecule has 0 saturated heterocycles. The Morgan fingerprint density at radius 1 is 0.263 bits per heavy atom. The first kappa shape index (κ1) is 77.4. The van der Waals surface area contributed by atoms with Crippen molar-refractivity contribution in [3.05, 3.63) is 48.6 Å². The standard InChI is InChI=1S/C74H136O6/c1-4-7-10-13-16-19-22-24-26-28-29-30-31-32-33-34-35-36-37-38-39-40-41-42-43-44-45-47-48-50-52-55-58-61-64-67-73(76)79-70-71(69-78-72(75)66-63-60-57-54-21-18-15-12-9-6-3)80-74(77)68-65-62-59-56-53-51-49-46-27-25-23-20-17-14-11-8-5-2/h8,11,17,20,25,27,49,51,71H,4-7,9-10,12-16,18-19,21-24,26,28-48,50,52-70H2,1-3H3/b11-8-,20-17-,27-25-,51-49-. The van der Waals surface area contributed by atoms with Crippen molar-refractivity contribution in [3.63, 3.8) is 0 Å². The minimum Gasteiger partial charge on any atom is -0.462 e. The van der Waals surface area contributed by atoms with E-state index in [4.69, 9.17) is 14.2 Å². The molecule has 0 saturated carbocycles. The first-order valence-corrected chi connectivity index (χ1v) is 35.6. The third kappa shape index (κ3) is 66.2. The van der Waals surface area contributed by atoms with Crippen LogP contribution in [0.5, 0.6) is 0 Å². The highest BCUT2D eigenvalue weighted by Gasteiger charge is 2.19. The van der Waals surface area contributed by atoms with Crippen LogP contribution < -0.4 is 0 Å². The molecule has 1 atom stereocenters. The van der Waals surface area contributed by atoms with Crippen molar-refractivity contribution in [3.8, 4) is 0 Å². The monoisotopic (exact) mass is 1120 g/mol. The fraction of sp³-hybridized carbons (Fsp3) is 0.851. The van der Waals surface area contributed by atoms with E-state index in [0.717, 1.165) is 96.3 Å². The van der Waals surface area contributed by atoms with Gasteiger partial charge < -0.3 is 14.2 Å². The summed E-state index contributed by atoms with van der Waals surface area (Å²) < 4.78 is 16.9. The Kier molecular flexibility index (Phi) is 66.6. The fourth-order valence-corrected chi connectivity index (χ4v) is 10.8. The molecule has 0 aromatic carbocycles. The quantitative estimate of drug-likeness (QED) is 0.0261. The molecule has 6 heteroatoms. The van der Waals surface area contributed by atoms with Crippen LogP contribution in [0.3, 0.4) is 0 Å². The molecule has 0 spiro atoms. The van der Waals surface area contributed by atoms with Crippen molar-refractivity contribution in [2.75, 3.05) is 13.2 Å². The zero-order valence-corrected chi connectivity index (χ0v) is 53.9. The smallest absolute Gasteiger partial charge is 0.306 e. The van der Waals surface area contributed by atoms with E-state index in [1.54, 1.807) is 0 Å². The van der Waals surface area contributed by atoms with E-state index in [0.29, 0.717) is 19.3 Å². The van der Waals surface area contributed by atoms with Crippen LogP contribution in [0.4, 0.5) is 0 Å². The zero-order valence-electron chi connectivity index (χ0n) is 53.9. The highest BCUT2D eigenvalue weighted by molar-refractivity contribution is 5.71. The van der Waals surface area contributed by atoms with Gasteiger partial charge in [0.25, 0.3) is 0 Å². The fourth-order valence-electron chi connectivity index (χ4n) is 10.8. The van der Waals surface area contributed by atoms with Crippen molar-refractivity contribution in [1.29, 1.82) is 0 Å². The summed E-state index contributed by atoms with van der Waals surface area (Å²) >= 11 is 0. The summed E-state index contributed by atoms with van der Waals surface area (Å²) in [5.74, 6) is -0.883. The topological polar surface area (TPSA) is 78.9 Å². The Morgan fingerprint density at radius 3 is 0.762 bits per heavy atom. The van der Waals surface area contributed by atoms with Crippen LogP contribution in [0.25, 0.3) is 0 Å². The van der Waals surface area contributed by atoms with Crippen LogP contribution >= 0.6 is 0 Å². The molecule has 0 bridgehead atoms. The molecule has 0 amide bonds. The molecule has 468 valence electrons. The van der Waals surface area contributed by atoms with Crippen LogP contribution in [0.1, 0.15) is 387 Å². The third-order valence-electron chi connectivity index (χ3n) is 16.1. The molecule has 0 aliphatic heterocycles. The first-order chi connectivity index (χ1) is 39.5. The van der Waals surface area contributed by atoms with Crippen molar-refractivity contribution in [2.45, 2.75) is 393 Å². The number of carbonyl (C=O) groups excluding carboxylic acids is 3. The van der Waals surface area contributed by atoms with Gasteiger partial charge in [0.15, 0.2) is 6.10 Å². The molecule has 0 heterocycles. The highest BCUT2D eigenvalue weighted by atomic mass is 16.6. The number of allylic oxidation sites excluding steroid dienone is 8. The normalized spacial score (nSPS) is 12.3.